The van der Waals surface area contributed by atoms with Crippen LogP contribution in [0.5, 0.6) is 11.5 Å². The lowest BCUT2D eigenvalue weighted by molar-refractivity contribution is -0.129. The quantitative estimate of drug-likeness (QED) is 0.270. The van der Waals surface area contributed by atoms with Crippen LogP contribution in [-0.4, -0.2) is 29.5 Å². The van der Waals surface area contributed by atoms with Gasteiger partial charge in [-0.1, -0.05) is 85.1 Å². The van der Waals surface area contributed by atoms with Gasteiger partial charge < -0.3 is 19.7 Å². The summed E-state index contributed by atoms with van der Waals surface area (Å²) in [4.78, 5) is 16.6. The molecule has 39 heavy (non-hydrogen) atoms. The summed E-state index contributed by atoms with van der Waals surface area (Å²) in [7, 11) is 1.61. The minimum Gasteiger partial charge on any atom is -0.493 e. The van der Waals surface area contributed by atoms with E-state index in [1.165, 1.54) is 6.42 Å². The Hall–Kier alpha value is -2.80. The van der Waals surface area contributed by atoms with Crippen LogP contribution in [0.2, 0.25) is 10.0 Å². The molecule has 1 N–H and O–H groups in total. The van der Waals surface area contributed by atoms with E-state index in [-0.39, 0.29) is 17.4 Å². The van der Waals surface area contributed by atoms with Gasteiger partial charge in [-0.3, -0.25) is 4.79 Å². The molecule has 1 saturated carbocycles. The fraction of sp³-hybridized carbons (Fsp3) is 0.323. The van der Waals surface area contributed by atoms with Crippen LogP contribution in [0, 0.1) is 5.92 Å². The highest BCUT2D eigenvalue weighted by Crippen LogP contribution is 2.42. The molecule has 3 aromatic carbocycles. The van der Waals surface area contributed by atoms with Gasteiger partial charge in [0.15, 0.2) is 17.0 Å². The summed E-state index contributed by atoms with van der Waals surface area (Å²) in [6.45, 7) is 2.59. The maximum atomic E-state index is 13.8. The minimum atomic E-state index is -0.160. The first-order valence-corrected chi connectivity index (χ1v) is 14.8. The van der Waals surface area contributed by atoms with Crippen LogP contribution in [0.25, 0.3) is 6.08 Å². The number of halogens is 2. The molecule has 0 bridgehead atoms. The van der Waals surface area contributed by atoms with Crippen LogP contribution in [0.3, 0.4) is 0 Å². The third kappa shape index (κ3) is 6.51. The highest BCUT2D eigenvalue weighted by atomic mass is 35.5. The molecule has 1 saturated heterocycles. The van der Waals surface area contributed by atoms with Gasteiger partial charge in [-0.15, -0.1) is 0 Å². The Kier molecular flexibility index (Phi) is 8.96. The molecule has 1 unspecified atom stereocenters. The summed E-state index contributed by atoms with van der Waals surface area (Å²) in [6, 6.07) is 21.4. The molecule has 2 aliphatic rings. The lowest BCUT2D eigenvalue weighted by Gasteiger charge is -2.39. The molecule has 2 fully saturated rings. The molecule has 3 aromatic rings. The predicted octanol–water partition coefficient (Wildman–Crippen LogP) is 8.47. The number of carbonyl (C=O) groups is 1. The standard InChI is InChI=1S/C31H32Cl2N2O3S/c1-20-8-6-7-11-26(20)35-30(36)29(39-31(35)34-23-9-4-3-5-10-23)18-21-13-15-27(28(17-21)37-2)38-19-22-12-14-24(32)25(33)16-22/h3-5,9-10,12-18,20,26,31,34H,6-8,11,19H2,1-2H3/b29-18-/t20-,26-,31?/m1/s1. The van der Waals surface area contributed by atoms with Crippen LogP contribution >= 0.6 is 35.0 Å². The number of nitrogens with zero attached hydrogens (tertiary/aromatic N) is 1. The van der Waals surface area contributed by atoms with Crippen molar-refractivity contribution in [1.82, 2.24) is 4.90 Å². The van der Waals surface area contributed by atoms with Crippen molar-refractivity contribution in [2.45, 2.75) is 50.8 Å². The number of anilines is 1. The number of hydrogen-bond donors (Lipinski definition) is 1. The van der Waals surface area contributed by atoms with Gasteiger partial charge in [0.1, 0.15) is 6.61 Å². The van der Waals surface area contributed by atoms with Crippen molar-refractivity contribution in [2.24, 2.45) is 5.92 Å². The van der Waals surface area contributed by atoms with E-state index in [0.29, 0.717) is 39.0 Å². The first-order valence-electron chi connectivity index (χ1n) is 13.2. The van der Waals surface area contributed by atoms with E-state index in [1.54, 1.807) is 31.0 Å². The van der Waals surface area contributed by atoms with E-state index in [2.05, 4.69) is 17.1 Å². The average molecular weight is 584 g/mol. The summed E-state index contributed by atoms with van der Waals surface area (Å²) in [5.74, 6) is 1.75. The van der Waals surface area contributed by atoms with Crippen molar-refractivity contribution in [3.05, 3.63) is 92.8 Å². The number of amides is 1. The highest BCUT2D eigenvalue weighted by molar-refractivity contribution is 8.05. The third-order valence-electron chi connectivity index (χ3n) is 7.29. The Labute approximate surface area is 244 Å². The lowest BCUT2D eigenvalue weighted by Crippen LogP contribution is -2.48. The molecule has 8 heteroatoms. The predicted molar refractivity (Wildman–Crippen MR) is 161 cm³/mol. The zero-order valence-electron chi connectivity index (χ0n) is 22.0. The monoisotopic (exact) mass is 582 g/mol. The maximum absolute atomic E-state index is 13.8. The summed E-state index contributed by atoms with van der Waals surface area (Å²) in [5, 5.41) is 4.59. The topological polar surface area (TPSA) is 50.8 Å². The second-order valence-electron chi connectivity index (χ2n) is 9.98. The first kappa shape index (κ1) is 27.8. The third-order valence-corrected chi connectivity index (χ3v) is 9.14. The number of methoxy groups -OCH3 is 1. The van der Waals surface area contributed by atoms with Gasteiger partial charge in [0, 0.05) is 11.7 Å². The second kappa shape index (κ2) is 12.6. The fourth-order valence-corrected chi connectivity index (χ4v) is 6.73. The van der Waals surface area contributed by atoms with Crippen molar-refractivity contribution >= 4 is 52.6 Å². The number of benzene rings is 3. The summed E-state index contributed by atoms with van der Waals surface area (Å²) in [5.41, 5.74) is 2.62. The number of nitrogens with one attached hydrogen (secondary N) is 1. The molecule has 1 amide bonds. The second-order valence-corrected chi connectivity index (χ2v) is 11.9. The van der Waals surface area contributed by atoms with Gasteiger partial charge in [0.2, 0.25) is 0 Å². The van der Waals surface area contributed by atoms with E-state index in [1.807, 2.05) is 60.7 Å². The van der Waals surface area contributed by atoms with Gasteiger partial charge in [0.05, 0.1) is 22.1 Å². The number of ether oxygens (including phenoxy) is 2. The SMILES string of the molecule is COc1cc(/C=C2\SC(Nc3ccccc3)N([C@@H]3CCCC[C@H]3C)C2=O)ccc1OCc1ccc(Cl)c(Cl)c1. The summed E-state index contributed by atoms with van der Waals surface area (Å²) < 4.78 is 11.6. The molecule has 0 aromatic heterocycles. The fourth-order valence-electron chi connectivity index (χ4n) is 5.20. The minimum absolute atomic E-state index is 0.0751. The average Bonchev–Trinajstić information content (AvgIpc) is 3.24. The maximum Gasteiger partial charge on any atom is 0.262 e. The van der Waals surface area contributed by atoms with E-state index in [4.69, 9.17) is 32.7 Å². The zero-order valence-corrected chi connectivity index (χ0v) is 24.4. The molecule has 0 spiro atoms. The molecule has 3 atom stereocenters. The largest absolute Gasteiger partial charge is 0.493 e. The van der Waals surface area contributed by atoms with Crippen molar-refractivity contribution in [1.29, 1.82) is 0 Å². The normalized spacial score (nSPS) is 22.3. The molecule has 1 heterocycles. The van der Waals surface area contributed by atoms with Crippen molar-refractivity contribution < 1.29 is 14.3 Å². The number of para-hydroxylation sites is 1. The molecular formula is C31H32Cl2N2O3S. The number of carbonyl (C=O) groups excluding carboxylic acids is 1. The molecule has 1 aliphatic heterocycles. The number of rotatable bonds is 8. The van der Waals surface area contributed by atoms with E-state index in [0.717, 1.165) is 36.1 Å². The van der Waals surface area contributed by atoms with Crippen LogP contribution < -0.4 is 14.8 Å². The van der Waals surface area contributed by atoms with E-state index in [9.17, 15) is 4.79 Å². The Morgan fingerprint density at radius 2 is 1.79 bits per heavy atom. The van der Waals surface area contributed by atoms with Crippen molar-refractivity contribution in [3.8, 4) is 11.5 Å². The van der Waals surface area contributed by atoms with Gasteiger partial charge in [-0.05, 0) is 72.4 Å². The zero-order chi connectivity index (χ0) is 27.4. The Bertz CT molecular complexity index is 1350. The smallest absolute Gasteiger partial charge is 0.262 e. The molecule has 1 aliphatic carbocycles. The summed E-state index contributed by atoms with van der Waals surface area (Å²) in [6.07, 6.45) is 6.52. The van der Waals surface area contributed by atoms with Crippen molar-refractivity contribution in [2.75, 3.05) is 12.4 Å². The first-order chi connectivity index (χ1) is 18.9. The summed E-state index contributed by atoms with van der Waals surface area (Å²) >= 11 is 13.7. The van der Waals surface area contributed by atoms with Crippen LogP contribution in [0.1, 0.15) is 43.7 Å². The lowest BCUT2D eigenvalue weighted by atomic mass is 9.85. The van der Waals surface area contributed by atoms with Gasteiger partial charge in [0.25, 0.3) is 5.91 Å². The van der Waals surface area contributed by atoms with Crippen LogP contribution in [0.15, 0.2) is 71.6 Å². The van der Waals surface area contributed by atoms with Gasteiger partial charge in [-0.2, -0.15) is 0 Å². The molecule has 5 nitrogen and oxygen atoms in total. The Balaban J connectivity index is 1.37. The van der Waals surface area contributed by atoms with Crippen molar-refractivity contribution in [3.63, 3.8) is 0 Å². The Morgan fingerprint density at radius 3 is 2.54 bits per heavy atom. The molecule has 204 valence electrons. The van der Waals surface area contributed by atoms with E-state index < -0.39 is 0 Å². The number of thioether (sulfide) groups is 1. The van der Waals surface area contributed by atoms with Gasteiger partial charge >= 0.3 is 0 Å². The van der Waals surface area contributed by atoms with Crippen LogP contribution in [-0.2, 0) is 11.4 Å². The number of hydrogen-bond acceptors (Lipinski definition) is 5. The van der Waals surface area contributed by atoms with Crippen LogP contribution in [0.4, 0.5) is 5.69 Å². The Morgan fingerprint density at radius 1 is 1.00 bits per heavy atom. The highest BCUT2D eigenvalue weighted by Gasteiger charge is 2.42. The molecule has 5 rings (SSSR count). The molecule has 0 radical (unpaired) electrons. The van der Waals surface area contributed by atoms with E-state index >= 15 is 0 Å². The van der Waals surface area contributed by atoms with Gasteiger partial charge in [-0.25, -0.2) is 0 Å². The molecular weight excluding hydrogens is 551 g/mol.